The van der Waals surface area contributed by atoms with Crippen LogP contribution in [-0.2, 0) is 27.3 Å². The summed E-state index contributed by atoms with van der Waals surface area (Å²) in [6.07, 6.45) is 3.46. The van der Waals surface area contributed by atoms with Crippen molar-refractivity contribution in [3.63, 3.8) is 0 Å². The number of ether oxygens (including phenoxy) is 1. The van der Waals surface area contributed by atoms with E-state index < -0.39 is 16.9 Å². The van der Waals surface area contributed by atoms with Crippen molar-refractivity contribution in [2.24, 2.45) is 4.99 Å². The Morgan fingerprint density at radius 3 is 1.78 bits per heavy atom. The Hall–Kier alpha value is -2.92. The zero-order valence-corrected chi connectivity index (χ0v) is 24.8. The molecular weight excluding hydrogens is 509 g/mol. The van der Waals surface area contributed by atoms with Crippen molar-refractivity contribution in [1.82, 2.24) is 9.97 Å². The molecule has 0 aliphatic carbocycles. The van der Waals surface area contributed by atoms with Gasteiger partial charge in [0.2, 0.25) is 0 Å². The van der Waals surface area contributed by atoms with E-state index in [0.29, 0.717) is 22.7 Å². The number of aryl methyl sites for hydroxylation is 3. The minimum atomic E-state index is -0.438. The van der Waals surface area contributed by atoms with Crippen molar-refractivity contribution in [1.29, 1.82) is 0 Å². The maximum Gasteiger partial charge on any atom is 2.00 e. The van der Waals surface area contributed by atoms with Crippen molar-refractivity contribution < 1.29 is 31.4 Å². The Morgan fingerprint density at radius 2 is 1.35 bits per heavy atom. The van der Waals surface area contributed by atoms with Gasteiger partial charge in [0.1, 0.15) is 5.75 Å². The maximum atomic E-state index is 12.3. The summed E-state index contributed by atoms with van der Waals surface area (Å²) in [5.74, 6) is 0.342. The molecule has 0 atom stereocenters. The summed E-state index contributed by atoms with van der Waals surface area (Å²) < 4.78 is 5.30. The summed E-state index contributed by atoms with van der Waals surface area (Å²) in [7, 11) is 1.53. The minimum Gasteiger partial charge on any atom is -0.873 e. The van der Waals surface area contributed by atoms with Crippen LogP contribution in [0.15, 0.2) is 41.7 Å². The summed E-state index contributed by atoms with van der Waals surface area (Å²) in [6, 6.07) is 7.80. The quantitative estimate of drug-likeness (QED) is 0.297. The molecule has 0 fully saturated rings. The molecule has 202 valence electrons. The van der Waals surface area contributed by atoms with Gasteiger partial charge in [0, 0.05) is 12.4 Å². The molecule has 0 radical (unpaired) electrons. The Labute approximate surface area is 232 Å². The Kier molecular flexibility index (Phi) is 10.9. The molecule has 0 aliphatic heterocycles. The second-order valence-corrected chi connectivity index (χ2v) is 11.2. The van der Waals surface area contributed by atoms with Crippen LogP contribution in [0.1, 0.15) is 82.1 Å². The molecule has 1 heterocycles. The fraction of sp³-hybridized carbons (Fsp3) is 0.433. The van der Waals surface area contributed by atoms with E-state index in [0.717, 1.165) is 11.4 Å². The second-order valence-electron chi connectivity index (χ2n) is 11.2. The molecule has 0 bridgehead atoms. The van der Waals surface area contributed by atoms with E-state index in [1.54, 1.807) is 24.5 Å². The Bertz CT molecular complexity index is 1220. The van der Waals surface area contributed by atoms with E-state index in [-0.39, 0.29) is 21.9 Å². The first kappa shape index (κ1) is 32.1. The summed E-state index contributed by atoms with van der Waals surface area (Å²) in [5, 5.41) is 24.5. The van der Waals surface area contributed by atoms with Gasteiger partial charge in [-0.05, 0) is 72.9 Å². The Morgan fingerprint density at radius 1 is 0.838 bits per heavy atom. The molecule has 0 saturated heterocycles. The number of rotatable bonds is 3. The molecule has 3 aromatic rings. The first-order valence-corrected chi connectivity index (χ1v) is 12.1. The van der Waals surface area contributed by atoms with Crippen LogP contribution in [0, 0.1) is 20.8 Å². The summed E-state index contributed by atoms with van der Waals surface area (Å²) >= 11 is 0. The Balaban J connectivity index is 0.000000360. The fourth-order valence-corrected chi connectivity index (χ4v) is 4.10. The van der Waals surface area contributed by atoms with E-state index in [9.17, 15) is 10.2 Å². The van der Waals surface area contributed by atoms with Gasteiger partial charge in [0.05, 0.1) is 18.5 Å². The third-order valence-corrected chi connectivity index (χ3v) is 5.78. The smallest absolute Gasteiger partial charge is 0.873 e. The summed E-state index contributed by atoms with van der Waals surface area (Å²) in [6.45, 7) is 19.7. The fourth-order valence-electron chi connectivity index (χ4n) is 4.10. The van der Waals surface area contributed by atoms with Crippen molar-refractivity contribution >= 4 is 11.4 Å². The van der Waals surface area contributed by atoms with Gasteiger partial charge < -0.3 is 14.9 Å². The number of hydrogen-bond acceptors (Lipinski definition) is 6. The van der Waals surface area contributed by atoms with Crippen LogP contribution in [0.3, 0.4) is 0 Å². The molecule has 0 saturated carbocycles. The average Bonchev–Trinajstić information content (AvgIpc) is 2.77. The molecule has 0 amide bonds. The van der Waals surface area contributed by atoms with Gasteiger partial charge in [-0.25, -0.2) is 15.0 Å². The van der Waals surface area contributed by atoms with Gasteiger partial charge >= 0.3 is 16.5 Å². The van der Waals surface area contributed by atoms with Crippen molar-refractivity contribution in [2.45, 2.75) is 80.1 Å². The molecule has 7 heteroatoms. The number of nitrogens with zero attached hydrogens (tertiary/aromatic N) is 3. The molecule has 6 nitrogen and oxygen atoms in total. The van der Waals surface area contributed by atoms with E-state index in [1.165, 1.54) is 23.8 Å². The van der Waals surface area contributed by atoms with Crippen LogP contribution < -0.4 is 14.9 Å². The third-order valence-electron chi connectivity index (χ3n) is 5.78. The van der Waals surface area contributed by atoms with Crippen molar-refractivity contribution in [3.8, 4) is 17.2 Å². The minimum absolute atomic E-state index is 0. The number of methoxy groups -OCH3 is 1. The zero-order valence-electron chi connectivity index (χ0n) is 23.8. The van der Waals surface area contributed by atoms with E-state index in [4.69, 9.17) is 4.74 Å². The predicted molar refractivity (Wildman–Crippen MR) is 144 cm³/mol. The van der Waals surface area contributed by atoms with Gasteiger partial charge in [-0.2, -0.15) is 0 Å². The average molecular weight is 548 g/mol. The van der Waals surface area contributed by atoms with Crippen molar-refractivity contribution in [2.75, 3.05) is 7.11 Å². The van der Waals surface area contributed by atoms with Crippen LogP contribution in [0.2, 0.25) is 0 Å². The zero-order chi connectivity index (χ0) is 27.4. The first-order valence-electron chi connectivity index (χ1n) is 12.1. The SMILES string of the molecule is CC(=Nc1c(C)cc(C)cc1C)c1ncccn1.COc1cc(C(C)(C)C)c([O-])c([O-])c1C(C)(C)C.[Ni+2]. The number of aliphatic imine (C=N–C) groups is 1. The van der Waals surface area contributed by atoms with Gasteiger partial charge in [0.25, 0.3) is 0 Å². The van der Waals surface area contributed by atoms with E-state index >= 15 is 0 Å². The van der Waals surface area contributed by atoms with Gasteiger partial charge in [-0.15, -0.1) is 11.5 Å². The second kappa shape index (κ2) is 12.6. The van der Waals surface area contributed by atoms with Crippen LogP contribution in [0.4, 0.5) is 5.69 Å². The monoisotopic (exact) mass is 547 g/mol. The van der Waals surface area contributed by atoms with Crippen LogP contribution >= 0.6 is 0 Å². The summed E-state index contributed by atoms with van der Waals surface area (Å²) in [4.78, 5) is 13.1. The van der Waals surface area contributed by atoms with Gasteiger partial charge in [0.15, 0.2) is 5.82 Å². The summed E-state index contributed by atoms with van der Waals surface area (Å²) in [5.41, 5.74) is 5.69. The predicted octanol–water partition coefficient (Wildman–Crippen LogP) is 5.98. The standard InChI is InChI=1S/C15H17N3.C15H24O3.Ni/c1-10-8-11(2)14(12(3)9-10)18-13(4)15-16-6-5-7-17-15;1-14(2,3)9-8-10(18-7)11(15(4,5)6)13(17)12(9)16;/h5-9H,1-4H3;8,16-17H,1-7H3;/q;;+2/p-2. The number of benzene rings is 2. The largest absolute Gasteiger partial charge is 2.00 e. The van der Waals surface area contributed by atoms with Crippen LogP contribution in [-0.4, -0.2) is 22.8 Å². The molecule has 0 unspecified atom stereocenters. The maximum absolute atomic E-state index is 12.3. The first-order chi connectivity index (χ1) is 16.6. The molecule has 0 aliphatic rings. The normalized spacial score (nSPS) is 11.8. The molecular formula is C30H39N3NiO3. The van der Waals surface area contributed by atoms with E-state index in [1.807, 2.05) is 48.5 Å². The van der Waals surface area contributed by atoms with Crippen LogP contribution in [0.5, 0.6) is 17.2 Å². The molecule has 1 aromatic heterocycles. The molecule has 0 N–H and O–H groups in total. The van der Waals surface area contributed by atoms with Crippen molar-refractivity contribution in [3.05, 3.63) is 70.3 Å². The third kappa shape index (κ3) is 8.03. The van der Waals surface area contributed by atoms with Gasteiger partial charge in [-0.3, -0.25) is 0 Å². The van der Waals surface area contributed by atoms with E-state index in [2.05, 4.69) is 47.9 Å². The molecule has 0 spiro atoms. The topological polar surface area (TPSA) is 93.5 Å². The molecule has 37 heavy (non-hydrogen) atoms. The van der Waals surface area contributed by atoms with Gasteiger partial charge in [-0.1, -0.05) is 59.2 Å². The van der Waals surface area contributed by atoms with Crippen LogP contribution in [0.25, 0.3) is 0 Å². The molecule has 2 aromatic carbocycles. The number of aromatic nitrogens is 2. The number of hydrogen-bond donors (Lipinski definition) is 0. The molecule has 3 rings (SSSR count).